The molecule has 0 saturated heterocycles. The molecule has 116 valence electrons. The van der Waals surface area contributed by atoms with E-state index in [1.165, 1.54) is 0 Å². The molecule has 0 unspecified atom stereocenters. The van der Waals surface area contributed by atoms with Crippen molar-refractivity contribution in [2.75, 3.05) is 5.32 Å². The maximum absolute atomic E-state index is 12.1. The van der Waals surface area contributed by atoms with Gasteiger partial charge in [-0.3, -0.25) is 15.1 Å². The highest BCUT2D eigenvalue weighted by Gasteiger charge is 2.17. The second-order valence-electron chi connectivity index (χ2n) is 5.97. The van der Waals surface area contributed by atoms with Gasteiger partial charge in [-0.1, -0.05) is 12.1 Å². The molecule has 0 amide bonds. The summed E-state index contributed by atoms with van der Waals surface area (Å²) in [7, 11) is 0. The largest absolute Gasteiger partial charge is 0.294 e. The van der Waals surface area contributed by atoms with Crippen LogP contribution in [0.25, 0.3) is 10.9 Å². The lowest BCUT2D eigenvalue weighted by Gasteiger charge is -2.08. The van der Waals surface area contributed by atoms with Crippen LogP contribution in [-0.2, 0) is 12.8 Å². The van der Waals surface area contributed by atoms with E-state index in [0.29, 0.717) is 11.9 Å². The number of nitrogens with zero attached hydrogens (tertiary/aromatic N) is 3. The Balaban J connectivity index is 1.76. The summed E-state index contributed by atoms with van der Waals surface area (Å²) >= 11 is 0. The predicted octanol–water partition coefficient (Wildman–Crippen LogP) is 2.56. The smallest absolute Gasteiger partial charge is 0.255 e. The fourth-order valence-corrected chi connectivity index (χ4v) is 3.06. The van der Waals surface area contributed by atoms with Gasteiger partial charge in [-0.2, -0.15) is 0 Å². The van der Waals surface area contributed by atoms with Crippen LogP contribution < -0.4 is 10.9 Å². The SMILES string of the molecule is Cc1ccc2c(C)nc(Nc3nc4c(c(=O)[nH]3)CCC4)nc2c1. The van der Waals surface area contributed by atoms with Gasteiger partial charge < -0.3 is 0 Å². The fourth-order valence-electron chi connectivity index (χ4n) is 3.06. The van der Waals surface area contributed by atoms with Crippen LogP contribution in [-0.4, -0.2) is 19.9 Å². The summed E-state index contributed by atoms with van der Waals surface area (Å²) < 4.78 is 0. The fraction of sp³-hybridized carbons (Fsp3) is 0.294. The van der Waals surface area contributed by atoms with Crippen molar-refractivity contribution in [3.63, 3.8) is 0 Å². The van der Waals surface area contributed by atoms with Gasteiger partial charge >= 0.3 is 0 Å². The molecular formula is C17H17N5O. The lowest BCUT2D eigenvalue weighted by Crippen LogP contribution is -2.16. The maximum atomic E-state index is 12.1. The van der Waals surface area contributed by atoms with E-state index in [1.807, 2.05) is 32.0 Å². The van der Waals surface area contributed by atoms with Crippen molar-refractivity contribution < 1.29 is 0 Å². The molecule has 1 aliphatic carbocycles. The summed E-state index contributed by atoms with van der Waals surface area (Å²) in [6.07, 6.45) is 2.65. The maximum Gasteiger partial charge on any atom is 0.255 e. The summed E-state index contributed by atoms with van der Waals surface area (Å²) in [5.41, 5.74) is 4.53. The Hall–Kier alpha value is -2.76. The number of aromatic nitrogens is 4. The Kier molecular flexibility index (Phi) is 3.11. The van der Waals surface area contributed by atoms with E-state index in [9.17, 15) is 4.79 Å². The molecule has 4 rings (SSSR count). The number of aryl methyl sites for hydroxylation is 3. The van der Waals surface area contributed by atoms with Crippen molar-refractivity contribution in [1.82, 2.24) is 19.9 Å². The molecule has 6 nitrogen and oxygen atoms in total. The average Bonchev–Trinajstić information content (AvgIpc) is 2.95. The van der Waals surface area contributed by atoms with E-state index in [2.05, 4.69) is 25.3 Å². The van der Waals surface area contributed by atoms with Crippen LogP contribution in [0.15, 0.2) is 23.0 Å². The highest BCUT2D eigenvalue weighted by Crippen LogP contribution is 2.21. The molecule has 0 atom stereocenters. The molecule has 2 heterocycles. The molecule has 6 heteroatoms. The molecule has 2 aromatic heterocycles. The molecule has 0 bridgehead atoms. The average molecular weight is 307 g/mol. The van der Waals surface area contributed by atoms with E-state index in [4.69, 9.17) is 0 Å². The summed E-state index contributed by atoms with van der Waals surface area (Å²) in [6, 6.07) is 6.10. The Bertz CT molecular complexity index is 977. The topological polar surface area (TPSA) is 83.6 Å². The lowest BCUT2D eigenvalue weighted by atomic mass is 10.1. The third kappa shape index (κ3) is 2.46. The molecule has 2 N–H and O–H groups in total. The third-order valence-electron chi connectivity index (χ3n) is 4.21. The van der Waals surface area contributed by atoms with E-state index in [-0.39, 0.29) is 5.56 Å². The van der Waals surface area contributed by atoms with Gasteiger partial charge in [0.25, 0.3) is 5.56 Å². The number of H-pyrrole nitrogens is 1. The first kappa shape index (κ1) is 13.9. The number of hydrogen-bond donors (Lipinski definition) is 2. The molecule has 0 radical (unpaired) electrons. The molecule has 1 aliphatic rings. The van der Waals surface area contributed by atoms with E-state index in [1.54, 1.807) is 0 Å². The Morgan fingerprint density at radius 2 is 2.00 bits per heavy atom. The number of rotatable bonds is 2. The van der Waals surface area contributed by atoms with Crippen molar-refractivity contribution in [1.29, 1.82) is 0 Å². The number of fused-ring (bicyclic) bond motifs is 2. The third-order valence-corrected chi connectivity index (χ3v) is 4.21. The number of hydrogen-bond acceptors (Lipinski definition) is 5. The molecule has 23 heavy (non-hydrogen) atoms. The van der Waals surface area contributed by atoms with Crippen LogP contribution >= 0.6 is 0 Å². The van der Waals surface area contributed by atoms with Crippen LogP contribution in [0.5, 0.6) is 0 Å². The first-order chi connectivity index (χ1) is 11.1. The normalized spacial score (nSPS) is 13.3. The monoisotopic (exact) mass is 307 g/mol. The second kappa shape index (κ2) is 5.15. The first-order valence-electron chi connectivity index (χ1n) is 7.74. The Morgan fingerprint density at radius 3 is 2.87 bits per heavy atom. The summed E-state index contributed by atoms with van der Waals surface area (Å²) in [5.74, 6) is 0.851. The summed E-state index contributed by atoms with van der Waals surface area (Å²) in [5, 5.41) is 4.06. The summed E-state index contributed by atoms with van der Waals surface area (Å²) in [6.45, 7) is 3.98. The van der Waals surface area contributed by atoms with E-state index < -0.39 is 0 Å². The minimum Gasteiger partial charge on any atom is -0.294 e. The van der Waals surface area contributed by atoms with Crippen molar-refractivity contribution >= 4 is 22.8 Å². The Morgan fingerprint density at radius 1 is 1.13 bits per heavy atom. The van der Waals surface area contributed by atoms with Crippen LogP contribution in [0.1, 0.15) is 28.9 Å². The number of benzene rings is 1. The van der Waals surface area contributed by atoms with Gasteiger partial charge in [0.1, 0.15) is 0 Å². The van der Waals surface area contributed by atoms with Gasteiger partial charge in [0.05, 0.1) is 16.9 Å². The van der Waals surface area contributed by atoms with E-state index in [0.717, 1.165) is 52.7 Å². The Labute approximate surface area is 133 Å². The molecule has 0 aliphatic heterocycles. The predicted molar refractivity (Wildman–Crippen MR) is 89.2 cm³/mol. The molecule has 0 saturated carbocycles. The van der Waals surface area contributed by atoms with Gasteiger partial charge in [-0.25, -0.2) is 15.0 Å². The first-order valence-corrected chi connectivity index (χ1v) is 7.74. The van der Waals surface area contributed by atoms with Crippen molar-refractivity contribution in [3.05, 3.63) is 51.1 Å². The second-order valence-corrected chi connectivity index (χ2v) is 5.97. The molecular weight excluding hydrogens is 290 g/mol. The quantitative estimate of drug-likeness (QED) is 0.760. The minimum atomic E-state index is -0.0663. The van der Waals surface area contributed by atoms with Gasteiger partial charge in [-0.05, 0) is 44.7 Å². The molecule has 3 aromatic rings. The van der Waals surface area contributed by atoms with Gasteiger partial charge in [0, 0.05) is 10.9 Å². The van der Waals surface area contributed by atoms with Crippen LogP contribution in [0.3, 0.4) is 0 Å². The van der Waals surface area contributed by atoms with Gasteiger partial charge in [-0.15, -0.1) is 0 Å². The molecule has 0 fully saturated rings. The highest BCUT2D eigenvalue weighted by atomic mass is 16.1. The minimum absolute atomic E-state index is 0.0663. The lowest BCUT2D eigenvalue weighted by molar-refractivity contribution is 0.899. The zero-order valence-electron chi connectivity index (χ0n) is 13.1. The van der Waals surface area contributed by atoms with Crippen molar-refractivity contribution in [2.45, 2.75) is 33.1 Å². The van der Waals surface area contributed by atoms with Crippen LogP contribution in [0.2, 0.25) is 0 Å². The number of aromatic amines is 1. The zero-order chi connectivity index (χ0) is 16.0. The van der Waals surface area contributed by atoms with E-state index >= 15 is 0 Å². The molecule has 1 aromatic carbocycles. The van der Waals surface area contributed by atoms with Crippen molar-refractivity contribution in [2.24, 2.45) is 0 Å². The standard InChI is InChI=1S/C17H17N5O/c1-9-6-7-11-10(2)18-16(20-14(11)8-9)22-17-19-13-5-3-4-12(13)15(23)21-17/h6-8H,3-5H2,1-2H3,(H2,18,19,20,21,22,23). The van der Waals surface area contributed by atoms with Crippen molar-refractivity contribution in [3.8, 4) is 0 Å². The van der Waals surface area contributed by atoms with Crippen LogP contribution in [0, 0.1) is 13.8 Å². The van der Waals surface area contributed by atoms with Gasteiger partial charge in [0.2, 0.25) is 11.9 Å². The summed E-state index contributed by atoms with van der Waals surface area (Å²) in [4.78, 5) is 28.3. The number of anilines is 2. The van der Waals surface area contributed by atoms with Gasteiger partial charge in [0.15, 0.2) is 0 Å². The zero-order valence-corrected chi connectivity index (χ0v) is 13.1. The number of nitrogens with one attached hydrogen (secondary N) is 2. The molecule has 0 spiro atoms. The van der Waals surface area contributed by atoms with Crippen LogP contribution in [0.4, 0.5) is 11.9 Å². The highest BCUT2D eigenvalue weighted by molar-refractivity contribution is 5.82.